The number of benzene rings is 1. The first-order valence-electron chi connectivity index (χ1n) is 6.63. The van der Waals surface area contributed by atoms with Crippen LogP contribution in [0.2, 0.25) is 0 Å². The molecule has 21 heavy (non-hydrogen) atoms. The molecule has 1 aromatic carbocycles. The molecule has 0 aromatic heterocycles. The smallest absolute Gasteiger partial charge is 0.407 e. The van der Waals surface area contributed by atoms with Crippen LogP contribution in [0.3, 0.4) is 0 Å². The van der Waals surface area contributed by atoms with Crippen LogP contribution in [0.4, 0.5) is 4.79 Å². The van der Waals surface area contributed by atoms with Crippen LogP contribution < -0.4 is 10.1 Å². The summed E-state index contributed by atoms with van der Waals surface area (Å²) >= 11 is 0. The van der Waals surface area contributed by atoms with Gasteiger partial charge in [-0.25, -0.2) is 9.59 Å². The number of alkyl carbamates (subject to hydrolysis) is 1. The summed E-state index contributed by atoms with van der Waals surface area (Å²) in [6.07, 6.45) is -0.512. The highest BCUT2D eigenvalue weighted by molar-refractivity contribution is 5.90. The maximum absolute atomic E-state index is 11.4. The maximum Gasteiger partial charge on any atom is 0.407 e. The van der Waals surface area contributed by atoms with Crippen LogP contribution in [-0.4, -0.2) is 35.9 Å². The Hall–Kier alpha value is -2.24. The van der Waals surface area contributed by atoms with Crippen LogP contribution in [0.25, 0.3) is 0 Å². The number of amides is 1. The van der Waals surface area contributed by atoms with Gasteiger partial charge >= 0.3 is 12.1 Å². The Morgan fingerprint density at radius 1 is 1.29 bits per heavy atom. The monoisotopic (exact) mass is 295 g/mol. The summed E-state index contributed by atoms with van der Waals surface area (Å²) in [5, 5.41) is 11.6. The number of carbonyl (C=O) groups is 2. The van der Waals surface area contributed by atoms with Gasteiger partial charge in [0.05, 0.1) is 12.1 Å². The largest absolute Gasteiger partial charge is 0.491 e. The molecule has 1 rings (SSSR count). The van der Waals surface area contributed by atoms with Gasteiger partial charge in [-0.15, -0.1) is 0 Å². The van der Waals surface area contributed by atoms with Gasteiger partial charge in [0.2, 0.25) is 0 Å². The number of ether oxygens (including phenoxy) is 2. The lowest BCUT2D eigenvalue weighted by Crippen LogP contribution is -2.34. The molecule has 6 heteroatoms. The average Bonchev–Trinajstić information content (AvgIpc) is 2.33. The Morgan fingerprint density at radius 3 is 2.52 bits per heavy atom. The Labute approximate surface area is 124 Å². The van der Waals surface area contributed by atoms with Gasteiger partial charge in [-0.1, -0.05) is 6.07 Å². The molecule has 2 N–H and O–H groups in total. The minimum absolute atomic E-state index is 0.201. The number of rotatable bonds is 5. The SMILES string of the molecule is Cc1c(OCCNC(=O)OC(C)(C)C)cccc1C(=O)O. The van der Waals surface area contributed by atoms with Crippen molar-refractivity contribution in [2.45, 2.75) is 33.3 Å². The third kappa shape index (κ3) is 5.72. The van der Waals surface area contributed by atoms with E-state index in [9.17, 15) is 9.59 Å². The molecule has 0 bridgehead atoms. The van der Waals surface area contributed by atoms with E-state index in [0.717, 1.165) is 0 Å². The zero-order valence-electron chi connectivity index (χ0n) is 12.7. The van der Waals surface area contributed by atoms with E-state index < -0.39 is 17.7 Å². The minimum Gasteiger partial charge on any atom is -0.491 e. The summed E-state index contributed by atoms with van der Waals surface area (Å²) < 4.78 is 10.6. The Balaban J connectivity index is 2.45. The van der Waals surface area contributed by atoms with Crippen LogP contribution in [-0.2, 0) is 4.74 Å². The second-order valence-electron chi connectivity index (χ2n) is 5.51. The van der Waals surface area contributed by atoms with Gasteiger partial charge in [-0.05, 0) is 39.8 Å². The number of carboxylic acids is 1. The number of hydrogen-bond acceptors (Lipinski definition) is 4. The molecular weight excluding hydrogens is 274 g/mol. The van der Waals surface area contributed by atoms with Gasteiger partial charge in [-0.3, -0.25) is 0 Å². The first-order valence-corrected chi connectivity index (χ1v) is 6.63. The highest BCUT2D eigenvalue weighted by atomic mass is 16.6. The van der Waals surface area contributed by atoms with Crippen molar-refractivity contribution in [3.63, 3.8) is 0 Å². The average molecular weight is 295 g/mol. The number of carbonyl (C=O) groups excluding carboxylic acids is 1. The van der Waals surface area contributed by atoms with Crippen LogP contribution in [0.15, 0.2) is 18.2 Å². The molecule has 6 nitrogen and oxygen atoms in total. The van der Waals surface area contributed by atoms with E-state index in [0.29, 0.717) is 11.3 Å². The maximum atomic E-state index is 11.4. The molecule has 1 amide bonds. The Morgan fingerprint density at radius 2 is 1.95 bits per heavy atom. The number of carboxylic acid groups (broad SMARTS) is 1. The quantitative estimate of drug-likeness (QED) is 0.816. The highest BCUT2D eigenvalue weighted by Gasteiger charge is 2.15. The zero-order chi connectivity index (χ0) is 16.0. The van der Waals surface area contributed by atoms with Gasteiger partial charge in [0.1, 0.15) is 18.0 Å². The van der Waals surface area contributed by atoms with E-state index in [1.165, 1.54) is 6.07 Å². The van der Waals surface area contributed by atoms with Gasteiger partial charge in [-0.2, -0.15) is 0 Å². The lowest BCUT2D eigenvalue weighted by Gasteiger charge is -2.19. The predicted octanol–water partition coefficient (Wildman–Crippen LogP) is 2.60. The molecule has 0 fully saturated rings. The first-order chi connectivity index (χ1) is 9.70. The summed E-state index contributed by atoms with van der Waals surface area (Å²) in [5.41, 5.74) is 0.215. The summed E-state index contributed by atoms with van der Waals surface area (Å²) in [6.45, 7) is 7.52. The van der Waals surface area contributed by atoms with E-state index in [-0.39, 0.29) is 18.7 Å². The molecule has 0 aliphatic rings. The van der Waals surface area contributed by atoms with Crippen molar-refractivity contribution < 1.29 is 24.2 Å². The molecular formula is C15H21NO5. The lowest BCUT2D eigenvalue weighted by molar-refractivity contribution is 0.0520. The third-order valence-electron chi connectivity index (χ3n) is 2.54. The van der Waals surface area contributed by atoms with Gasteiger partial charge in [0.25, 0.3) is 0 Å². The third-order valence-corrected chi connectivity index (χ3v) is 2.54. The first kappa shape index (κ1) is 16.8. The zero-order valence-corrected chi connectivity index (χ0v) is 12.7. The van der Waals surface area contributed by atoms with Gasteiger partial charge in [0.15, 0.2) is 0 Å². The lowest BCUT2D eigenvalue weighted by atomic mass is 10.1. The van der Waals surface area contributed by atoms with Crippen molar-refractivity contribution in [2.24, 2.45) is 0 Å². The molecule has 0 saturated carbocycles. The second kappa shape index (κ2) is 6.97. The highest BCUT2D eigenvalue weighted by Crippen LogP contribution is 2.21. The van der Waals surface area contributed by atoms with E-state index in [4.69, 9.17) is 14.6 Å². The fourth-order valence-electron chi connectivity index (χ4n) is 1.63. The van der Waals surface area contributed by atoms with Crippen molar-refractivity contribution in [1.82, 2.24) is 5.32 Å². The van der Waals surface area contributed by atoms with Gasteiger partial charge < -0.3 is 19.9 Å². The van der Waals surface area contributed by atoms with Crippen molar-refractivity contribution >= 4 is 12.1 Å². The normalized spacial score (nSPS) is 10.9. The molecule has 0 atom stereocenters. The fraction of sp³-hybridized carbons (Fsp3) is 0.467. The van der Waals surface area contributed by atoms with Crippen LogP contribution in [0, 0.1) is 6.92 Å². The molecule has 0 saturated heterocycles. The Bertz CT molecular complexity index is 519. The summed E-state index contributed by atoms with van der Waals surface area (Å²) in [5.74, 6) is -0.509. The minimum atomic E-state index is -0.996. The van der Waals surface area contributed by atoms with Crippen LogP contribution in [0.5, 0.6) is 5.75 Å². The fourth-order valence-corrected chi connectivity index (χ4v) is 1.63. The van der Waals surface area contributed by atoms with E-state index in [1.54, 1.807) is 39.8 Å². The van der Waals surface area contributed by atoms with Crippen molar-refractivity contribution in [3.05, 3.63) is 29.3 Å². The number of hydrogen-bond donors (Lipinski definition) is 2. The van der Waals surface area contributed by atoms with E-state index >= 15 is 0 Å². The number of nitrogens with one attached hydrogen (secondary N) is 1. The molecule has 1 aromatic rings. The van der Waals surface area contributed by atoms with Crippen molar-refractivity contribution in [1.29, 1.82) is 0 Å². The molecule has 0 unspecified atom stereocenters. The van der Waals surface area contributed by atoms with Crippen LogP contribution in [0.1, 0.15) is 36.7 Å². The van der Waals surface area contributed by atoms with E-state index in [1.807, 2.05) is 0 Å². The molecule has 0 aliphatic heterocycles. The molecule has 0 heterocycles. The standard InChI is InChI=1S/C15H21NO5/c1-10-11(13(17)18)6-5-7-12(10)20-9-8-16-14(19)21-15(2,3)4/h5-7H,8-9H2,1-4H3,(H,16,19)(H,17,18). The van der Waals surface area contributed by atoms with Gasteiger partial charge in [0, 0.05) is 5.56 Å². The predicted molar refractivity (Wildman–Crippen MR) is 77.9 cm³/mol. The summed E-state index contributed by atoms with van der Waals surface area (Å²) in [6, 6.07) is 4.83. The Kier molecular flexibility index (Phi) is 5.58. The summed E-state index contributed by atoms with van der Waals surface area (Å²) in [4.78, 5) is 22.4. The molecule has 0 aliphatic carbocycles. The van der Waals surface area contributed by atoms with Crippen molar-refractivity contribution in [3.8, 4) is 5.75 Å². The molecule has 0 spiro atoms. The second-order valence-corrected chi connectivity index (χ2v) is 5.51. The summed E-state index contributed by atoms with van der Waals surface area (Å²) in [7, 11) is 0. The molecule has 0 radical (unpaired) electrons. The van der Waals surface area contributed by atoms with E-state index in [2.05, 4.69) is 5.32 Å². The van der Waals surface area contributed by atoms with Crippen molar-refractivity contribution in [2.75, 3.05) is 13.2 Å². The topological polar surface area (TPSA) is 84.9 Å². The number of aromatic carboxylic acids is 1. The molecule has 116 valence electrons. The van der Waals surface area contributed by atoms with Crippen LogP contribution >= 0.6 is 0 Å².